The molecule has 0 saturated carbocycles. The van der Waals surface area contributed by atoms with Crippen molar-refractivity contribution >= 4 is 60.0 Å². The van der Waals surface area contributed by atoms with Crippen molar-refractivity contribution in [2.75, 3.05) is 4.90 Å². The summed E-state index contributed by atoms with van der Waals surface area (Å²) in [6, 6.07) is 66.3. The number of aryl methyl sites for hydroxylation is 2. The molecule has 1 aromatic heterocycles. The minimum Gasteiger partial charge on any atom is -0.311 e. The number of anilines is 3. The van der Waals surface area contributed by atoms with Crippen LogP contribution in [0, 0.1) is 13.8 Å². The van der Waals surface area contributed by atoms with Gasteiger partial charge in [0.2, 0.25) is 0 Å². The first-order chi connectivity index (χ1) is 27.0. The maximum atomic E-state index is 5.05. The number of hydrogen-bond acceptors (Lipinski definition) is 3. The molecule has 10 rings (SSSR count). The minimum absolute atomic E-state index is 0.867. The van der Waals surface area contributed by atoms with Crippen molar-refractivity contribution in [1.29, 1.82) is 0 Å². The predicted octanol–water partition coefficient (Wildman–Crippen LogP) is 14.8. The zero-order chi connectivity index (χ0) is 36.9. The van der Waals surface area contributed by atoms with E-state index in [0.717, 1.165) is 34.9 Å². The molecule has 0 radical (unpaired) electrons. The van der Waals surface area contributed by atoms with Crippen LogP contribution in [0.4, 0.5) is 22.7 Å². The Morgan fingerprint density at radius 3 is 1.44 bits per heavy atom. The van der Waals surface area contributed by atoms with Crippen LogP contribution in [0.5, 0.6) is 0 Å². The zero-order valence-corrected chi connectivity index (χ0v) is 31.6. The Kier molecular flexibility index (Phi) is 8.23. The third kappa shape index (κ3) is 6.23. The van der Waals surface area contributed by atoms with Crippen molar-refractivity contribution in [2.45, 2.75) is 20.3 Å². The van der Waals surface area contributed by atoms with Gasteiger partial charge in [0, 0.05) is 43.7 Å². The molecule has 0 saturated heterocycles. The van der Waals surface area contributed by atoms with E-state index in [1.165, 1.54) is 75.8 Å². The van der Waals surface area contributed by atoms with E-state index in [9.17, 15) is 0 Å². The third-order valence-corrected chi connectivity index (χ3v) is 12.0. The van der Waals surface area contributed by atoms with Gasteiger partial charge in [0.05, 0.1) is 11.4 Å². The molecule has 2 heterocycles. The van der Waals surface area contributed by atoms with Crippen molar-refractivity contribution in [1.82, 2.24) is 0 Å². The summed E-state index contributed by atoms with van der Waals surface area (Å²) in [5, 5.41) is 2.67. The van der Waals surface area contributed by atoms with Gasteiger partial charge in [0.1, 0.15) is 0 Å². The van der Waals surface area contributed by atoms with Crippen molar-refractivity contribution in [2.24, 2.45) is 4.99 Å². The summed E-state index contributed by atoms with van der Waals surface area (Å²) < 4.78 is 2.63. The average molecular weight is 723 g/mol. The molecule has 0 amide bonds. The van der Waals surface area contributed by atoms with E-state index in [1.54, 1.807) is 0 Å². The smallest absolute Gasteiger partial charge is 0.0676 e. The van der Waals surface area contributed by atoms with Crippen molar-refractivity contribution in [3.63, 3.8) is 0 Å². The van der Waals surface area contributed by atoms with Gasteiger partial charge in [0.25, 0.3) is 0 Å². The molecule has 1 aliphatic heterocycles. The maximum Gasteiger partial charge on any atom is 0.0676 e. The molecular weight excluding hydrogens is 685 g/mol. The van der Waals surface area contributed by atoms with Crippen molar-refractivity contribution in [3.05, 3.63) is 204 Å². The fourth-order valence-electron chi connectivity index (χ4n) is 7.89. The van der Waals surface area contributed by atoms with Crippen LogP contribution in [0.3, 0.4) is 0 Å². The number of benzene rings is 8. The summed E-state index contributed by atoms with van der Waals surface area (Å²) >= 11 is 1.88. The summed E-state index contributed by atoms with van der Waals surface area (Å²) in [4.78, 5) is 7.40. The lowest BCUT2D eigenvalue weighted by Gasteiger charge is -2.26. The van der Waals surface area contributed by atoms with Gasteiger partial charge >= 0.3 is 0 Å². The molecule has 0 unspecified atom stereocenters. The second-order valence-electron chi connectivity index (χ2n) is 14.6. The van der Waals surface area contributed by atoms with E-state index in [1.807, 2.05) is 11.3 Å². The Morgan fingerprint density at radius 1 is 0.436 bits per heavy atom. The first kappa shape index (κ1) is 33.1. The molecule has 1 aliphatic rings. The van der Waals surface area contributed by atoms with E-state index in [-0.39, 0.29) is 0 Å². The van der Waals surface area contributed by atoms with Crippen LogP contribution in [0.2, 0.25) is 0 Å². The third-order valence-electron chi connectivity index (χ3n) is 10.9. The number of aliphatic imine (C=N–C) groups is 1. The standard InChI is InChI=1S/C52H38N2S/c1-34-8-12-36(13-9-34)38-16-23-43(24-17-38)54(44-25-18-39(19-26-44)37-14-10-35(2)11-15-37)45-27-20-40(21-28-45)42-22-29-46-51(32-42)55-50-31-30-48-47(52(46)50)33-49(53-48)41-6-4-3-5-7-41/h3-32H,33H2,1-2H3. The summed E-state index contributed by atoms with van der Waals surface area (Å²) in [5.41, 5.74) is 18.0. The van der Waals surface area contributed by atoms with Gasteiger partial charge in [-0.05, 0) is 113 Å². The van der Waals surface area contributed by atoms with Gasteiger partial charge in [-0.25, -0.2) is 0 Å². The summed E-state index contributed by atoms with van der Waals surface area (Å²) in [7, 11) is 0. The maximum absolute atomic E-state index is 5.05. The van der Waals surface area contributed by atoms with Gasteiger partial charge in [-0.3, -0.25) is 4.99 Å². The van der Waals surface area contributed by atoms with Crippen molar-refractivity contribution < 1.29 is 0 Å². The van der Waals surface area contributed by atoms with Crippen LogP contribution in [0.25, 0.3) is 53.6 Å². The molecule has 55 heavy (non-hydrogen) atoms. The number of rotatable bonds is 7. The first-order valence-electron chi connectivity index (χ1n) is 18.9. The molecule has 0 bridgehead atoms. The average Bonchev–Trinajstić information content (AvgIpc) is 3.84. The topological polar surface area (TPSA) is 15.6 Å². The van der Waals surface area contributed by atoms with Gasteiger partial charge in [-0.15, -0.1) is 11.3 Å². The van der Waals surface area contributed by atoms with Gasteiger partial charge in [0.15, 0.2) is 0 Å². The Bertz CT molecular complexity index is 2760. The zero-order valence-electron chi connectivity index (χ0n) is 30.8. The van der Waals surface area contributed by atoms with E-state index in [4.69, 9.17) is 4.99 Å². The van der Waals surface area contributed by atoms with Crippen LogP contribution in [-0.2, 0) is 6.42 Å². The number of thiophene rings is 1. The van der Waals surface area contributed by atoms with E-state index in [0.29, 0.717) is 0 Å². The summed E-state index contributed by atoms with van der Waals surface area (Å²) in [6.07, 6.45) is 0.867. The fourth-order valence-corrected chi connectivity index (χ4v) is 9.06. The molecule has 0 spiro atoms. The molecule has 9 aromatic rings. The monoisotopic (exact) mass is 722 g/mol. The molecule has 0 atom stereocenters. The largest absolute Gasteiger partial charge is 0.311 e. The molecule has 2 nitrogen and oxygen atoms in total. The van der Waals surface area contributed by atoms with Crippen LogP contribution < -0.4 is 4.90 Å². The van der Waals surface area contributed by atoms with Crippen LogP contribution in [0.15, 0.2) is 187 Å². The molecular formula is C52H38N2S. The summed E-state index contributed by atoms with van der Waals surface area (Å²) in [5.74, 6) is 0. The highest BCUT2D eigenvalue weighted by atomic mass is 32.1. The van der Waals surface area contributed by atoms with Gasteiger partial charge in [-0.2, -0.15) is 0 Å². The summed E-state index contributed by atoms with van der Waals surface area (Å²) in [6.45, 7) is 4.26. The minimum atomic E-state index is 0.867. The molecule has 8 aromatic carbocycles. The second-order valence-corrected chi connectivity index (χ2v) is 15.6. The Morgan fingerprint density at radius 2 is 0.909 bits per heavy atom. The molecule has 0 N–H and O–H groups in total. The quantitative estimate of drug-likeness (QED) is 0.160. The Balaban J connectivity index is 0.980. The normalized spacial score (nSPS) is 12.2. The van der Waals surface area contributed by atoms with Gasteiger partial charge in [-0.1, -0.05) is 139 Å². The van der Waals surface area contributed by atoms with Gasteiger partial charge < -0.3 is 4.90 Å². The lowest BCUT2D eigenvalue weighted by atomic mass is 9.98. The molecule has 262 valence electrons. The number of fused-ring (bicyclic) bond motifs is 5. The Hall–Kier alpha value is -6.55. The molecule has 0 aliphatic carbocycles. The highest BCUT2D eigenvalue weighted by Gasteiger charge is 2.21. The lowest BCUT2D eigenvalue weighted by molar-refractivity contribution is 1.28. The Labute approximate surface area is 326 Å². The molecule has 3 heteroatoms. The molecule has 0 fully saturated rings. The van der Waals surface area contributed by atoms with E-state index < -0.39 is 0 Å². The highest BCUT2D eigenvalue weighted by Crippen LogP contribution is 2.44. The second kappa shape index (κ2) is 13.7. The van der Waals surface area contributed by atoms with E-state index in [2.05, 4.69) is 201 Å². The van der Waals surface area contributed by atoms with Crippen LogP contribution >= 0.6 is 11.3 Å². The fraction of sp³-hybridized carbons (Fsp3) is 0.0577. The number of nitrogens with zero attached hydrogens (tertiary/aromatic N) is 2. The van der Waals surface area contributed by atoms with Crippen molar-refractivity contribution in [3.8, 4) is 33.4 Å². The first-order valence-corrected chi connectivity index (χ1v) is 19.7. The SMILES string of the molecule is Cc1ccc(-c2ccc(N(c3ccc(-c4ccc(C)cc4)cc3)c3ccc(-c4ccc5c(c4)sc4ccc6c(c45)CC(c4ccccc4)=N6)cc3)cc2)cc1. The highest BCUT2D eigenvalue weighted by molar-refractivity contribution is 7.25. The lowest BCUT2D eigenvalue weighted by Crippen LogP contribution is -2.09. The van der Waals surface area contributed by atoms with Crippen LogP contribution in [-0.4, -0.2) is 5.71 Å². The number of hydrogen-bond donors (Lipinski definition) is 0. The van der Waals surface area contributed by atoms with Crippen LogP contribution in [0.1, 0.15) is 22.3 Å². The predicted molar refractivity (Wildman–Crippen MR) is 236 cm³/mol. The van der Waals surface area contributed by atoms with E-state index >= 15 is 0 Å².